The third kappa shape index (κ3) is 9.30. The summed E-state index contributed by atoms with van der Waals surface area (Å²) in [6.45, 7) is 14.1. The maximum Gasteiger partial charge on any atom is 0.271 e. The van der Waals surface area contributed by atoms with Gasteiger partial charge in [0.25, 0.3) is 11.8 Å². The molecule has 0 aliphatic carbocycles. The van der Waals surface area contributed by atoms with E-state index in [1.165, 1.54) is 129 Å². The summed E-state index contributed by atoms with van der Waals surface area (Å²) >= 11 is 11.2. The lowest BCUT2D eigenvalue weighted by Gasteiger charge is -2.21. The van der Waals surface area contributed by atoms with Gasteiger partial charge in [-0.05, 0) is 98.4 Å². The highest BCUT2D eigenvalue weighted by Crippen LogP contribution is 2.58. The molecule has 0 saturated carbocycles. The van der Waals surface area contributed by atoms with Crippen LogP contribution >= 0.6 is 68.0 Å². The van der Waals surface area contributed by atoms with Crippen molar-refractivity contribution in [2.24, 2.45) is 5.92 Å². The molecule has 2 amide bonds. The van der Waals surface area contributed by atoms with E-state index in [4.69, 9.17) is 0 Å². The normalized spacial score (nSPS) is 13.3. The molecule has 0 saturated heterocycles. The molecule has 3 aromatic carbocycles. The van der Waals surface area contributed by atoms with E-state index in [9.17, 15) is 9.59 Å². The fraction of sp³-hybridized carbons (Fsp3) is 0.367. The summed E-state index contributed by atoms with van der Waals surface area (Å²) in [6.07, 6.45) is 16.5. The molecule has 0 spiro atoms. The fourth-order valence-corrected chi connectivity index (χ4v) is 18.4. The minimum Gasteiger partial charge on any atom is -0.273 e. The molecule has 9 aromatic rings. The van der Waals surface area contributed by atoms with Crippen molar-refractivity contribution in [2.75, 3.05) is 6.54 Å². The second-order valence-electron chi connectivity index (χ2n) is 19.2. The van der Waals surface area contributed by atoms with E-state index < -0.39 is 0 Å². The van der Waals surface area contributed by atoms with Gasteiger partial charge in [0.15, 0.2) is 0 Å². The molecule has 356 valence electrons. The average molecular weight is 1020 g/mol. The minimum absolute atomic E-state index is 0.117. The summed E-state index contributed by atoms with van der Waals surface area (Å²) in [5, 5.41) is 3.59. The highest BCUT2D eigenvalue weighted by atomic mass is 32.1. The Bertz CT molecular complexity index is 3170. The monoisotopic (exact) mass is 1020 g/mol. The molecule has 9 heteroatoms. The molecule has 7 heterocycles. The van der Waals surface area contributed by atoms with Crippen LogP contribution in [0.25, 0.3) is 81.8 Å². The standard InChI is InChI=1S/C60H63NO2S6/c1-7-11-14-22-29-43-36(5)31-46(64-43)49-41-33-45(39-25-18-16-19-26-39)66-54(41)50(47-32-37(6)44(65-47)30-23-15-12-8-2)42-34-48(67-55(42)49)56-57-51(53(68-56)40-27-20-17-21-28-40)52-58(69-57)60(63)61(59(52)62)35-38(10-4)24-13-9-3/h16-21,25-28,31-34,38H,7-15,22-24,29-30,35H2,1-6H3. The third-order valence-corrected chi connectivity index (χ3v) is 22.0. The van der Waals surface area contributed by atoms with Crippen molar-refractivity contribution in [3.8, 4) is 51.5 Å². The third-order valence-electron chi connectivity index (χ3n) is 14.3. The lowest BCUT2D eigenvalue weighted by atomic mass is 9.98. The van der Waals surface area contributed by atoms with Gasteiger partial charge < -0.3 is 0 Å². The van der Waals surface area contributed by atoms with Crippen molar-refractivity contribution in [1.29, 1.82) is 0 Å². The molecule has 1 atom stereocenters. The van der Waals surface area contributed by atoms with E-state index in [1.54, 1.807) is 27.6 Å². The van der Waals surface area contributed by atoms with Gasteiger partial charge in [-0.2, -0.15) is 0 Å². The number of unbranched alkanes of at least 4 members (excludes halogenated alkanes) is 7. The molecule has 69 heavy (non-hydrogen) atoms. The molecule has 6 aromatic heterocycles. The van der Waals surface area contributed by atoms with E-state index in [-0.39, 0.29) is 11.8 Å². The van der Waals surface area contributed by atoms with Crippen LogP contribution in [0.4, 0.5) is 0 Å². The SMILES string of the molecule is CCCCCCc1sc(-c2c3cc(-c4sc(-c5ccccc5)c5c6c(sc45)C(=O)N(CC(CC)CCCC)C6=O)sc3c(-c3cc(C)c(CCCCCC)s3)c3cc(-c4ccccc4)sc23)cc1C. The Kier molecular flexibility index (Phi) is 14.9. The number of amides is 2. The summed E-state index contributed by atoms with van der Waals surface area (Å²) in [5.41, 5.74) is 8.44. The van der Waals surface area contributed by atoms with Gasteiger partial charge in [0.2, 0.25) is 0 Å². The van der Waals surface area contributed by atoms with Gasteiger partial charge in [-0.1, -0.05) is 146 Å². The van der Waals surface area contributed by atoms with Crippen LogP contribution in [-0.4, -0.2) is 23.3 Å². The van der Waals surface area contributed by atoms with Gasteiger partial charge in [-0.15, -0.1) is 68.0 Å². The van der Waals surface area contributed by atoms with Crippen LogP contribution in [0.2, 0.25) is 0 Å². The lowest BCUT2D eigenvalue weighted by molar-refractivity contribution is 0.0626. The summed E-state index contributed by atoms with van der Waals surface area (Å²) < 4.78 is 3.74. The van der Waals surface area contributed by atoms with Crippen molar-refractivity contribution in [1.82, 2.24) is 4.90 Å². The maximum atomic E-state index is 14.7. The summed E-state index contributed by atoms with van der Waals surface area (Å²) in [6, 6.07) is 31.4. The van der Waals surface area contributed by atoms with Crippen molar-refractivity contribution in [3.05, 3.63) is 116 Å². The molecular weight excluding hydrogens is 959 g/mol. The minimum atomic E-state index is -0.120. The largest absolute Gasteiger partial charge is 0.273 e. The molecular formula is C60H63NO2S6. The second-order valence-corrected chi connectivity index (χ2v) is 25.6. The lowest BCUT2D eigenvalue weighted by Crippen LogP contribution is -2.34. The van der Waals surface area contributed by atoms with Crippen molar-refractivity contribution < 1.29 is 9.59 Å². The smallest absolute Gasteiger partial charge is 0.271 e. The Morgan fingerprint density at radius 2 is 1.03 bits per heavy atom. The highest BCUT2D eigenvalue weighted by Gasteiger charge is 2.42. The summed E-state index contributed by atoms with van der Waals surface area (Å²) in [5.74, 6) is 0.0710. The van der Waals surface area contributed by atoms with E-state index in [2.05, 4.69) is 126 Å². The molecule has 3 nitrogen and oxygen atoms in total. The number of carbonyl (C=O) groups excluding carboxylic acids is 2. The number of thiophene rings is 6. The molecule has 1 aliphatic rings. The van der Waals surface area contributed by atoms with Crippen LogP contribution in [0, 0.1) is 19.8 Å². The predicted octanol–water partition coefficient (Wildman–Crippen LogP) is 20.5. The number of hydrogen-bond acceptors (Lipinski definition) is 8. The molecule has 0 fully saturated rings. The van der Waals surface area contributed by atoms with Crippen molar-refractivity contribution in [3.63, 3.8) is 0 Å². The van der Waals surface area contributed by atoms with Crippen LogP contribution in [0.5, 0.6) is 0 Å². The molecule has 0 bridgehead atoms. The number of hydrogen-bond donors (Lipinski definition) is 0. The average Bonchev–Trinajstić information content (AvgIpc) is 4.25. The molecule has 0 radical (unpaired) electrons. The molecule has 1 aliphatic heterocycles. The van der Waals surface area contributed by atoms with E-state index in [0.29, 0.717) is 22.9 Å². The van der Waals surface area contributed by atoms with E-state index in [0.717, 1.165) is 63.9 Å². The van der Waals surface area contributed by atoms with Gasteiger partial charge >= 0.3 is 0 Å². The number of benzene rings is 3. The van der Waals surface area contributed by atoms with Crippen LogP contribution < -0.4 is 0 Å². The summed E-state index contributed by atoms with van der Waals surface area (Å²) in [4.78, 5) is 41.8. The Hall–Kier alpha value is -4.22. The Labute approximate surface area is 432 Å². The molecule has 0 N–H and O–H groups in total. The van der Waals surface area contributed by atoms with Gasteiger partial charge in [-0.3, -0.25) is 14.5 Å². The Morgan fingerprint density at radius 1 is 0.478 bits per heavy atom. The first kappa shape index (κ1) is 48.4. The second kappa shape index (κ2) is 21.2. The number of fused-ring (bicyclic) bond motifs is 5. The molecule has 10 rings (SSSR count). The quantitative estimate of drug-likeness (QED) is 0.0531. The zero-order valence-electron chi connectivity index (χ0n) is 41.0. The van der Waals surface area contributed by atoms with Crippen LogP contribution in [-0.2, 0) is 12.8 Å². The van der Waals surface area contributed by atoms with Gasteiger partial charge in [0.1, 0.15) is 4.88 Å². The number of aryl methyl sites for hydroxylation is 4. The first-order valence-corrected chi connectivity index (χ1v) is 30.4. The van der Waals surface area contributed by atoms with E-state index in [1.807, 2.05) is 45.3 Å². The topological polar surface area (TPSA) is 37.4 Å². The van der Waals surface area contributed by atoms with Gasteiger partial charge in [0.05, 0.1) is 15.1 Å². The first-order valence-electron chi connectivity index (χ1n) is 25.5. The first-order chi connectivity index (χ1) is 33.7. The van der Waals surface area contributed by atoms with Crippen molar-refractivity contribution in [2.45, 2.75) is 131 Å². The number of carbonyl (C=O) groups is 2. The van der Waals surface area contributed by atoms with Crippen LogP contribution in [0.15, 0.2) is 84.9 Å². The van der Waals surface area contributed by atoms with Gasteiger partial charge in [0, 0.05) is 77.4 Å². The highest BCUT2D eigenvalue weighted by molar-refractivity contribution is 7.33. The fourth-order valence-electron chi connectivity index (χ4n) is 10.3. The van der Waals surface area contributed by atoms with Crippen LogP contribution in [0.3, 0.4) is 0 Å². The number of imide groups is 1. The Balaban J connectivity index is 1.21. The number of rotatable bonds is 21. The Morgan fingerprint density at radius 3 is 1.59 bits per heavy atom. The number of nitrogens with zero attached hydrogens (tertiary/aromatic N) is 1. The van der Waals surface area contributed by atoms with Crippen LogP contribution in [0.1, 0.15) is 146 Å². The zero-order valence-corrected chi connectivity index (χ0v) is 45.9. The van der Waals surface area contributed by atoms with E-state index >= 15 is 0 Å². The zero-order chi connectivity index (χ0) is 47.8. The molecule has 1 unspecified atom stereocenters. The van der Waals surface area contributed by atoms with Crippen molar-refractivity contribution >= 4 is 110 Å². The summed E-state index contributed by atoms with van der Waals surface area (Å²) in [7, 11) is 0. The maximum absolute atomic E-state index is 14.7. The van der Waals surface area contributed by atoms with Gasteiger partial charge in [-0.25, -0.2) is 0 Å². The predicted molar refractivity (Wildman–Crippen MR) is 307 cm³/mol.